The fraction of sp³-hybridized carbons (Fsp3) is 0.263. The molecule has 1 aliphatic rings. The fourth-order valence-corrected chi connectivity index (χ4v) is 3.35. The molecule has 3 aromatic rings. The van der Waals surface area contributed by atoms with Crippen molar-refractivity contribution >= 4 is 16.8 Å². The number of amides is 1. The van der Waals surface area contributed by atoms with Crippen LogP contribution in [0.5, 0.6) is 0 Å². The summed E-state index contributed by atoms with van der Waals surface area (Å²) < 4.78 is 39.1. The lowest BCUT2D eigenvalue weighted by Gasteiger charge is -2.23. The molecular weight excluding hydrogens is 338 g/mol. The lowest BCUT2D eigenvalue weighted by molar-refractivity contribution is 0.100. The van der Waals surface area contributed by atoms with Crippen LogP contribution in [0.25, 0.3) is 16.6 Å². The van der Waals surface area contributed by atoms with Gasteiger partial charge >= 0.3 is 0 Å². The van der Waals surface area contributed by atoms with Gasteiger partial charge in [-0.25, -0.2) is 9.07 Å². The molecule has 1 amide bonds. The molecule has 0 bridgehead atoms. The molecule has 1 aliphatic heterocycles. The molecular formula is C19H18F2N4O. The highest BCUT2D eigenvalue weighted by atomic mass is 19.1. The molecule has 2 aromatic carbocycles. The van der Waals surface area contributed by atoms with E-state index in [0.29, 0.717) is 13.0 Å². The Bertz CT molecular complexity index is 1040. The number of nitrogens with one attached hydrogen (secondary N) is 1. The van der Waals surface area contributed by atoms with Gasteiger partial charge in [0.25, 0.3) is 5.91 Å². The van der Waals surface area contributed by atoms with Gasteiger partial charge in [0.1, 0.15) is 11.3 Å². The Labute approximate surface area is 150 Å². The van der Waals surface area contributed by atoms with Crippen molar-refractivity contribution in [1.82, 2.24) is 15.1 Å². The minimum atomic E-state index is -1.05. The first-order valence-electron chi connectivity index (χ1n) is 8.89. The number of nitrogens with two attached hydrogens (primary N) is 1. The van der Waals surface area contributed by atoms with Crippen molar-refractivity contribution in [3.05, 3.63) is 59.3 Å². The Morgan fingerprint density at radius 2 is 2.19 bits per heavy atom. The first-order chi connectivity index (χ1) is 12.9. The Hall–Kier alpha value is -2.80. The molecule has 7 heteroatoms. The predicted octanol–water partition coefficient (Wildman–Crippen LogP) is 2.87. The number of hydrogen-bond donors (Lipinski definition) is 2. The van der Waals surface area contributed by atoms with Crippen LogP contribution in [-0.2, 0) is 0 Å². The van der Waals surface area contributed by atoms with Gasteiger partial charge in [0, 0.05) is 7.92 Å². The van der Waals surface area contributed by atoms with E-state index in [4.69, 9.17) is 7.10 Å². The van der Waals surface area contributed by atoms with Gasteiger partial charge < -0.3 is 11.1 Å². The van der Waals surface area contributed by atoms with Gasteiger partial charge in [-0.1, -0.05) is 12.1 Å². The van der Waals surface area contributed by atoms with Crippen molar-refractivity contribution in [3.8, 4) is 5.69 Å². The summed E-state index contributed by atoms with van der Waals surface area (Å²) in [5.41, 5.74) is 5.99. The number of rotatable bonds is 3. The van der Waals surface area contributed by atoms with Crippen molar-refractivity contribution in [1.29, 1.82) is 0 Å². The van der Waals surface area contributed by atoms with Gasteiger partial charge in [-0.05, 0) is 55.1 Å². The molecule has 4 rings (SSSR count). The zero-order chi connectivity index (χ0) is 19.2. The van der Waals surface area contributed by atoms with E-state index < -0.39 is 23.6 Å². The van der Waals surface area contributed by atoms with Crippen molar-refractivity contribution in [2.75, 3.05) is 13.1 Å². The van der Waals surface area contributed by atoms with Crippen LogP contribution in [0.4, 0.5) is 8.78 Å². The van der Waals surface area contributed by atoms with Crippen LogP contribution < -0.4 is 11.1 Å². The maximum atomic E-state index is 14.8. The highest BCUT2D eigenvalue weighted by molar-refractivity contribution is 6.04. The summed E-state index contributed by atoms with van der Waals surface area (Å²) >= 11 is 0. The van der Waals surface area contributed by atoms with Crippen LogP contribution >= 0.6 is 0 Å². The van der Waals surface area contributed by atoms with Crippen molar-refractivity contribution in [2.45, 2.75) is 18.7 Å². The quantitative estimate of drug-likeness (QED) is 0.757. The summed E-state index contributed by atoms with van der Waals surface area (Å²) in [7, 11) is 0. The number of benzene rings is 2. The third-order valence-corrected chi connectivity index (χ3v) is 4.66. The number of nitrogens with zero attached hydrogens (tertiary/aromatic N) is 2. The van der Waals surface area contributed by atoms with Gasteiger partial charge in [-0.3, -0.25) is 4.79 Å². The van der Waals surface area contributed by atoms with Crippen molar-refractivity contribution in [3.63, 3.8) is 0 Å². The molecule has 0 unspecified atom stereocenters. The fourth-order valence-electron chi connectivity index (χ4n) is 3.35. The number of carbonyl (C=O) groups excluding carboxylic acids is 1. The van der Waals surface area contributed by atoms with Crippen LogP contribution in [0.15, 0.2) is 36.4 Å². The number of halogens is 2. The minimum Gasteiger partial charge on any atom is -0.366 e. The van der Waals surface area contributed by atoms with Crippen LogP contribution in [0, 0.1) is 11.8 Å². The van der Waals surface area contributed by atoms with E-state index in [9.17, 15) is 13.6 Å². The first kappa shape index (κ1) is 15.5. The average Bonchev–Trinajstić information content (AvgIpc) is 2.99. The monoisotopic (exact) mass is 357 g/mol. The van der Waals surface area contributed by atoms with Gasteiger partial charge in [-0.2, -0.15) is 9.49 Å². The smallest absolute Gasteiger partial charge is 0.250 e. The van der Waals surface area contributed by atoms with Crippen LogP contribution in [0.1, 0.15) is 36.0 Å². The summed E-state index contributed by atoms with van der Waals surface area (Å²) in [6.45, 7) is 1.18. The van der Waals surface area contributed by atoms with E-state index in [2.05, 4.69) is 10.4 Å². The number of aromatic nitrogens is 2. The maximum Gasteiger partial charge on any atom is 0.250 e. The van der Waals surface area contributed by atoms with E-state index in [1.54, 1.807) is 0 Å². The normalized spacial score (nSPS) is 20.9. The molecule has 0 saturated carbocycles. The molecule has 1 atom stereocenters. The van der Waals surface area contributed by atoms with Gasteiger partial charge in [-0.15, -0.1) is 0 Å². The molecule has 0 aliphatic carbocycles. The average molecular weight is 357 g/mol. The summed E-state index contributed by atoms with van der Waals surface area (Å²) in [6, 6.07) is 8.66. The number of primary amides is 1. The largest absolute Gasteiger partial charge is 0.366 e. The number of hydrogen-bond acceptors (Lipinski definition) is 3. The molecule has 3 N–H and O–H groups in total. The second-order valence-corrected chi connectivity index (χ2v) is 6.32. The van der Waals surface area contributed by atoms with Crippen molar-refractivity contribution in [2.24, 2.45) is 5.73 Å². The van der Waals surface area contributed by atoms with Crippen LogP contribution in [-0.4, -0.2) is 28.8 Å². The highest BCUT2D eigenvalue weighted by Gasteiger charge is 2.21. The second-order valence-electron chi connectivity index (χ2n) is 6.32. The lowest BCUT2D eigenvalue weighted by atomic mass is 9.91. The predicted molar refractivity (Wildman–Crippen MR) is 94.3 cm³/mol. The zero-order valence-corrected chi connectivity index (χ0v) is 13.9. The molecule has 26 heavy (non-hydrogen) atoms. The molecule has 0 spiro atoms. The summed E-state index contributed by atoms with van der Waals surface area (Å²) in [6.07, 6.45) is 1.35. The SMILES string of the molecule is [2H][C@]1(c2ccc(-n3nc4c(C(N)=O)cccc4c3F)cc2F)CCCNC1. The van der Waals surface area contributed by atoms with Gasteiger partial charge in [0.2, 0.25) is 5.95 Å². The third kappa shape index (κ3) is 2.74. The van der Waals surface area contributed by atoms with Crippen molar-refractivity contribution < 1.29 is 14.9 Å². The maximum absolute atomic E-state index is 14.8. The highest BCUT2D eigenvalue weighted by Crippen LogP contribution is 2.28. The molecule has 1 aromatic heterocycles. The number of carbonyl (C=O) groups is 1. The minimum absolute atomic E-state index is 0.0978. The van der Waals surface area contributed by atoms with E-state index in [-0.39, 0.29) is 27.7 Å². The summed E-state index contributed by atoms with van der Waals surface area (Å²) in [4.78, 5) is 11.5. The van der Waals surface area contributed by atoms with Gasteiger partial charge in [0.05, 0.1) is 16.6 Å². The number of piperidine rings is 1. The standard InChI is InChI=1S/C19H18F2N4O/c20-16-9-12(6-7-13(16)11-3-2-8-23-10-11)25-18(21)14-4-1-5-15(19(22)26)17(14)24-25/h1,4-7,9,11,23H,2-3,8,10H2,(H2,22,26)/t11-/m0/s1/i11D. The van der Waals surface area contributed by atoms with Gasteiger partial charge in [0.15, 0.2) is 0 Å². The Morgan fingerprint density at radius 1 is 1.35 bits per heavy atom. The lowest BCUT2D eigenvalue weighted by Crippen LogP contribution is -2.28. The molecule has 134 valence electrons. The van der Waals surface area contributed by atoms with E-state index >= 15 is 0 Å². The topological polar surface area (TPSA) is 72.9 Å². The zero-order valence-electron chi connectivity index (χ0n) is 14.9. The summed E-state index contributed by atoms with van der Waals surface area (Å²) in [5.74, 6) is -3.05. The Morgan fingerprint density at radius 3 is 2.88 bits per heavy atom. The Balaban J connectivity index is 1.80. The molecule has 2 heterocycles. The van der Waals surface area contributed by atoms with E-state index in [1.807, 2.05) is 0 Å². The van der Waals surface area contributed by atoms with E-state index in [1.165, 1.54) is 36.4 Å². The van der Waals surface area contributed by atoms with Crippen LogP contribution in [0.3, 0.4) is 0 Å². The van der Waals surface area contributed by atoms with Crippen LogP contribution in [0.2, 0.25) is 0 Å². The molecule has 1 fully saturated rings. The molecule has 1 saturated heterocycles. The van der Waals surface area contributed by atoms with E-state index in [0.717, 1.165) is 17.6 Å². The first-order valence-corrected chi connectivity index (χ1v) is 8.39. The summed E-state index contributed by atoms with van der Waals surface area (Å²) in [5, 5.41) is 7.36. The second kappa shape index (κ2) is 6.49. The number of fused-ring (bicyclic) bond motifs is 1. The third-order valence-electron chi connectivity index (χ3n) is 4.66. The molecule has 5 nitrogen and oxygen atoms in total. The Kier molecular flexibility index (Phi) is 3.86. The molecule has 0 radical (unpaired) electrons.